The van der Waals surface area contributed by atoms with E-state index in [0.717, 1.165) is 90.3 Å². The lowest BCUT2D eigenvalue weighted by Crippen LogP contribution is -2.25. The maximum atomic E-state index is 6.49. The van der Waals surface area contributed by atoms with Gasteiger partial charge in [0.1, 0.15) is 0 Å². The topological polar surface area (TPSA) is 64.9 Å². The monoisotopic (exact) mass is 876 g/mol. The molecule has 0 atom stereocenters. The van der Waals surface area contributed by atoms with Crippen molar-refractivity contribution >= 4 is 66.8 Å². The SMILES string of the molecule is NCCCCCCN(Cc1cc2c3ccccc3n(Cc3ccccc3)c2c(-c2ccc(Cl)cc2)n1)Cc1cc2c3ccccc3n(Cc3ccccc3)c2c(-c2ccc(Cl)cc2)n1. The Bertz CT molecular complexity index is 2980. The van der Waals surface area contributed by atoms with E-state index in [1.165, 1.54) is 43.7 Å². The first-order valence-electron chi connectivity index (χ1n) is 22.3. The summed E-state index contributed by atoms with van der Waals surface area (Å²) in [5.74, 6) is 0. The van der Waals surface area contributed by atoms with Crippen LogP contribution < -0.4 is 5.73 Å². The number of rotatable bonds is 16. The molecule has 0 saturated carbocycles. The van der Waals surface area contributed by atoms with Gasteiger partial charge in [-0.25, -0.2) is 9.97 Å². The zero-order valence-electron chi connectivity index (χ0n) is 35.8. The van der Waals surface area contributed by atoms with Crippen molar-refractivity contribution < 1.29 is 0 Å². The van der Waals surface area contributed by atoms with Crippen molar-refractivity contribution in [2.45, 2.75) is 51.9 Å². The highest BCUT2D eigenvalue weighted by Gasteiger charge is 2.22. The van der Waals surface area contributed by atoms with Gasteiger partial charge >= 0.3 is 0 Å². The van der Waals surface area contributed by atoms with E-state index in [0.29, 0.717) is 29.7 Å². The lowest BCUT2D eigenvalue weighted by molar-refractivity contribution is 0.245. The second-order valence-electron chi connectivity index (χ2n) is 16.8. The van der Waals surface area contributed by atoms with Crippen LogP contribution in [-0.4, -0.2) is 37.1 Å². The normalized spacial score (nSPS) is 11.8. The second-order valence-corrected chi connectivity index (χ2v) is 17.7. The summed E-state index contributed by atoms with van der Waals surface area (Å²) >= 11 is 13.0. The summed E-state index contributed by atoms with van der Waals surface area (Å²) in [6.45, 7) is 4.37. The third kappa shape index (κ3) is 8.67. The van der Waals surface area contributed by atoms with Crippen LogP contribution in [0, 0.1) is 0 Å². The van der Waals surface area contributed by atoms with Gasteiger partial charge in [0, 0.05) is 79.9 Å². The van der Waals surface area contributed by atoms with Crippen LogP contribution >= 0.6 is 23.2 Å². The Labute approximate surface area is 384 Å². The van der Waals surface area contributed by atoms with Crippen LogP contribution in [-0.2, 0) is 26.2 Å². The Morgan fingerprint density at radius 2 is 0.875 bits per heavy atom. The van der Waals surface area contributed by atoms with E-state index in [1.807, 2.05) is 24.3 Å². The van der Waals surface area contributed by atoms with E-state index in [4.69, 9.17) is 38.9 Å². The van der Waals surface area contributed by atoms with Crippen molar-refractivity contribution in [1.82, 2.24) is 24.0 Å². The first kappa shape index (κ1) is 41.7. The average Bonchev–Trinajstić information content (AvgIpc) is 3.81. The van der Waals surface area contributed by atoms with Gasteiger partial charge in [-0.05, 0) is 85.6 Å². The van der Waals surface area contributed by atoms with Gasteiger partial charge in [0.05, 0.1) is 33.8 Å². The molecule has 0 amide bonds. The zero-order chi connectivity index (χ0) is 43.4. The molecule has 6 nitrogen and oxygen atoms in total. The summed E-state index contributed by atoms with van der Waals surface area (Å²) in [5.41, 5.74) is 19.0. The van der Waals surface area contributed by atoms with E-state index in [1.54, 1.807) is 0 Å². The molecule has 318 valence electrons. The maximum Gasteiger partial charge on any atom is 0.0949 e. The molecule has 0 aliphatic rings. The summed E-state index contributed by atoms with van der Waals surface area (Å²) < 4.78 is 4.86. The molecule has 0 aliphatic heterocycles. The average molecular weight is 878 g/mol. The lowest BCUT2D eigenvalue weighted by Gasteiger charge is -2.23. The highest BCUT2D eigenvalue weighted by atomic mass is 35.5. The summed E-state index contributed by atoms with van der Waals surface area (Å²) in [4.78, 5) is 13.7. The van der Waals surface area contributed by atoms with E-state index in [-0.39, 0.29) is 0 Å². The molecule has 0 spiro atoms. The van der Waals surface area contributed by atoms with Crippen molar-refractivity contribution in [3.8, 4) is 22.5 Å². The Morgan fingerprint density at radius 1 is 0.453 bits per heavy atom. The van der Waals surface area contributed by atoms with Gasteiger partial charge in [-0.1, -0.05) is 157 Å². The number of nitrogens with zero attached hydrogens (tertiary/aromatic N) is 5. The number of pyridine rings is 2. The van der Waals surface area contributed by atoms with Crippen LogP contribution in [0.15, 0.2) is 170 Å². The van der Waals surface area contributed by atoms with Crippen LogP contribution in [0.4, 0.5) is 0 Å². The summed E-state index contributed by atoms with van der Waals surface area (Å²) in [6.07, 6.45) is 4.30. The molecule has 0 radical (unpaired) electrons. The van der Waals surface area contributed by atoms with Gasteiger partial charge in [-0.2, -0.15) is 0 Å². The number of aromatic nitrogens is 4. The third-order valence-electron chi connectivity index (χ3n) is 12.4. The first-order chi connectivity index (χ1) is 31.5. The largest absolute Gasteiger partial charge is 0.334 e. The summed E-state index contributed by atoms with van der Waals surface area (Å²) in [6, 6.07) is 59.8. The molecule has 6 aromatic carbocycles. The van der Waals surface area contributed by atoms with Crippen LogP contribution in [0.1, 0.15) is 48.2 Å². The van der Waals surface area contributed by atoms with Crippen molar-refractivity contribution in [1.29, 1.82) is 0 Å². The van der Waals surface area contributed by atoms with Crippen molar-refractivity contribution in [3.63, 3.8) is 0 Å². The van der Waals surface area contributed by atoms with E-state index < -0.39 is 0 Å². The van der Waals surface area contributed by atoms with Gasteiger partial charge in [-0.15, -0.1) is 0 Å². The smallest absolute Gasteiger partial charge is 0.0949 e. The molecule has 4 heterocycles. The van der Waals surface area contributed by atoms with Crippen LogP contribution in [0.3, 0.4) is 0 Å². The Balaban J connectivity index is 1.11. The number of halogens is 2. The predicted molar refractivity (Wildman–Crippen MR) is 268 cm³/mol. The van der Waals surface area contributed by atoms with Crippen LogP contribution in [0.25, 0.3) is 66.1 Å². The summed E-state index contributed by atoms with van der Waals surface area (Å²) in [7, 11) is 0. The Kier molecular flexibility index (Phi) is 12.3. The number of para-hydroxylation sites is 2. The molecule has 4 aromatic heterocycles. The standard InChI is InChI=1S/C56H50Cl2N6/c57-43-27-23-41(24-28-43)53-55-49(47-19-9-11-21-51(47)63(55)35-39-15-5-3-6-16-39)33-45(60-53)37-62(32-14-2-1-13-31-59)38-46-34-50-48-20-10-12-22-52(48)64(36-40-17-7-4-8-18-40)56(50)54(61-46)42-25-29-44(58)30-26-42/h3-12,15-30,33-34H,1-2,13-14,31-32,35-38,59H2. The molecular formula is C56H50Cl2N6. The minimum atomic E-state index is 0.650. The fourth-order valence-corrected chi connectivity index (χ4v) is 9.65. The van der Waals surface area contributed by atoms with Gasteiger partial charge in [0.15, 0.2) is 0 Å². The lowest BCUT2D eigenvalue weighted by atomic mass is 10.1. The molecule has 0 aliphatic carbocycles. The molecule has 0 unspecified atom stereocenters. The maximum absolute atomic E-state index is 6.49. The molecule has 0 fully saturated rings. The van der Waals surface area contributed by atoms with Crippen molar-refractivity contribution in [2.24, 2.45) is 5.73 Å². The van der Waals surface area contributed by atoms with E-state index in [2.05, 4.69) is 160 Å². The highest BCUT2D eigenvalue weighted by molar-refractivity contribution is 6.31. The van der Waals surface area contributed by atoms with Crippen LogP contribution in [0.2, 0.25) is 10.0 Å². The van der Waals surface area contributed by atoms with Crippen molar-refractivity contribution in [2.75, 3.05) is 13.1 Å². The molecule has 10 aromatic rings. The molecule has 64 heavy (non-hydrogen) atoms. The van der Waals surface area contributed by atoms with Crippen LogP contribution in [0.5, 0.6) is 0 Å². The fraction of sp³-hybridized carbons (Fsp3) is 0.179. The fourth-order valence-electron chi connectivity index (χ4n) is 9.40. The Morgan fingerprint density at radius 3 is 1.33 bits per heavy atom. The first-order valence-corrected chi connectivity index (χ1v) is 23.1. The zero-order valence-corrected chi connectivity index (χ0v) is 37.3. The number of fused-ring (bicyclic) bond motifs is 6. The molecule has 0 saturated heterocycles. The molecular weight excluding hydrogens is 828 g/mol. The number of nitrogens with two attached hydrogens (primary N) is 1. The van der Waals surface area contributed by atoms with Gasteiger partial charge in [0.25, 0.3) is 0 Å². The number of unbranched alkanes of at least 4 members (excludes halogenated alkanes) is 3. The number of hydrogen-bond donors (Lipinski definition) is 1. The quantitative estimate of drug-likeness (QED) is 0.0982. The third-order valence-corrected chi connectivity index (χ3v) is 12.9. The molecule has 8 heteroatoms. The van der Waals surface area contributed by atoms with Gasteiger partial charge < -0.3 is 14.9 Å². The molecule has 2 N–H and O–H groups in total. The molecule has 0 bridgehead atoms. The Hall–Kier alpha value is -6.28. The van der Waals surface area contributed by atoms with Gasteiger partial charge in [-0.3, -0.25) is 4.90 Å². The van der Waals surface area contributed by atoms with E-state index >= 15 is 0 Å². The minimum Gasteiger partial charge on any atom is -0.334 e. The van der Waals surface area contributed by atoms with Crippen molar-refractivity contribution in [3.05, 3.63) is 202 Å². The van der Waals surface area contributed by atoms with Gasteiger partial charge in [0.2, 0.25) is 0 Å². The second kappa shape index (κ2) is 18.8. The summed E-state index contributed by atoms with van der Waals surface area (Å²) in [5, 5.41) is 6.22. The highest BCUT2D eigenvalue weighted by Crippen LogP contribution is 2.39. The number of hydrogen-bond acceptors (Lipinski definition) is 4. The number of benzene rings is 6. The predicted octanol–water partition coefficient (Wildman–Crippen LogP) is 14.0. The minimum absolute atomic E-state index is 0.650. The molecule has 10 rings (SSSR count). The van der Waals surface area contributed by atoms with E-state index in [9.17, 15) is 0 Å².